The number of aromatic hydroxyl groups is 1. The van der Waals surface area contributed by atoms with E-state index in [1.54, 1.807) is 140 Å². The summed E-state index contributed by atoms with van der Waals surface area (Å²) in [5.41, 5.74) is -2.16. The van der Waals surface area contributed by atoms with E-state index >= 15 is 0 Å². The Morgan fingerprint density at radius 3 is 1.74 bits per heavy atom. The number of hydrogen-bond acceptors (Lipinski definition) is 17. The zero-order valence-corrected chi connectivity index (χ0v) is 54.4. The minimum Gasteiger partial charge on any atom is -0.508 e. The maximum Gasteiger partial charge on any atom is 0.408 e. The van der Waals surface area contributed by atoms with Gasteiger partial charge in [-0.1, -0.05) is 30.3 Å². The van der Waals surface area contributed by atoms with Crippen LogP contribution in [0, 0.1) is 0 Å². The molecule has 89 heavy (non-hydrogen) atoms. The largest absolute Gasteiger partial charge is 0.508 e. The SMILES string of the molecule is CC(C)(C)OC(=O)NCCC[C@@H](CNC(=O)[C@H](CCCCNC(=O)CCNC(=O)[C@@H]1Cc2cccc(c2)-c2ccc(O)c(c2)C[C@H](NC(=O)OC(C)(C)C)C(=O)N[C@@H](C[C@@H](O)CNC(=O)OC(C)(C)C)C(=O)N1)NC(=O)OC(C)(C)C)NC(=O)OC(C)(C)C. The van der Waals surface area contributed by atoms with Crippen LogP contribution in [0.5, 0.6) is 5.75 Å². The lowest BCUT2D eigenvalue weighted by Crippen LogP contribution is -2.58. The van der Waals surface area contributed by atoms with Crippen molar-refractivity contribution in [1.82, 2.24) is 53.2 Å². The monoisotopic (exact) mass is 1250 g/mol. The Labute approximate surface area is 522 Å². The molecule has 3 rings (SSSR count). The molecule has 27 nitrogen and oxygen atoms in total. The van der Waals surface area contributed by atoms with Gasteiger partial charge < -0.3 is 87.1 Å². The standard InChI is InChI=1S/C62H98N10O17/c1-58(2,3)85-53(80)65-28-19-22-41(68-55(82)87-60(7,8)9)35-66-49(76)43(71-56(83)88-61(10,11)12)23-16-17-27-63-48(75)26-29-64-50(77)44-31-37-20-18-21-38(30-37)39-24-25-47(74)40(32-39)33-45(72-57(84)89-62(13,14)15)51(78)70-46(52(79)69-44)34-42(73)36-67-54(81)86-59(4,5)6/h18,20-21,24-25,30,32,41-46,73-74H,16-17,19,22-23,26-29,31,33-36H2,1-15H3,(H,63,75)(H,64,77)(H,65,80)(H,66,76)(H,67,81)(H,68,82)(H,69,79)(H,70,78)(H,71,83)(H,72,84)/t41-,42+,43-,44-,45-,46-/m0/s1. The molecule has 4 bridgehead atoms. The summed E-state index contributed by atoms with van der Waals surface area (Å²) < 4.78 is 26.9. The zero-order chi connectivity index (χ0) is 67.1. The first-order valence-corrected chi connectivity index (χ1v) is 30.1. The van der Waals surface area contributed by atoms with E-state index in [-0.39, 0.29) is 63.2 Å². The van der Waals surface area contributed by atoms with Gasteiger partial charge in [0.25, 0.3) is 0 Å². The lowest BCUT2D eigenvalue weighted by atomic mass is 9.96. The van der Waals surface area contributed by atoms with Gasteiger partial charge in [0.2, 0.25) is 29.5 Å². The molecule has 0 fully saturated rings. The number of phenols is 1. The topological polar surface area (TPSA) is 378 Å². The summed E-state index contributed by atoms with van der Waals surface area (Å²) in [5.74, 6) is -3.78. The molecule has 6 atom stereocenters. The third-order valence-corrected chi connectivity index (χ3v) is 12.4. The molecular weight excluding hydrogens is 1160 g/mol. The average molecular weight is 1260 g/mol. The first kappa shape index (κ1) is 75.2. The van der Waals surface area contributed by atoms with Crippen LogP contribution in [0.25, 0.3) is 11.1 Å². The number of unbranched alkanes of at least 4 members (excludes halogenated alkanes) is 1. The van der Waals surface area contributed by atoms with Gasteiger partial charge >= 0.3 is 30.5 Å². The number of carbonyl (C=O) groups is 10. The number of benzene rings is 2. The van der Waals surface area contributed by atoms with Gasteiger partial charge in [0.1, 0.15) is 57.9 Å². The number of aliphatic hydroxyl groups excluding tert-OH is 1. The van der Waals surface area contributed by atoms with Gasteiger partial charge in [-0.3, -0.25) is 24.0 Å². The molecule has 1 heterocycles. The first-order chi connectivity index (χ1) is 41.1. The molecule has 0 unspecified atom stereocenters. The second kappa shape index (κ2) is 34.0. The molecule has 0 spiro atoms. The van der Waals surface area contributed by atoms with E-state index in [1.807, 2.05) is 0 Å². The summed E-state index contributed by atoms with van der Waals surface area (Å²) >= 11 is 0. The Hall–Kier alpha value is -8.10. The van der Waals surface area contributed by atoms with Crippen molar-refractivity contribution in [3.05, 3.63) is 53.6 Å². The second-order valence-electron chi connectivity index (χ2n) is 26.8. The van der Waals surface area contributed by atoms with Gasteiger partial charge in [-0.25, -0.2) is 24.0 Å². The summed E-state index contributed by atoms with van der Waals surface area (Å²) in [6.07, 6.45) is -5.09. The van der Waals surface area contributed by atoms with Crippen LogP contribution in [0.2, 0.25) is 0 Å². The minimum absolute atomic E-state index is 0.0673. The maximum atomic E-state index is 14.5. The molecule has 498 valence electrons. The minimum atomic E-state index is -1.60. The Morgan fingerprint density at radius 2 is 1.12 bits per heavy atom. The Kier molecular flexibility index (Phi) is 28.7. The van der Waals surface area contributed by atoms with E-state index in [1.165, 1.54) is 6.07 Å². The number of hydrogen-bond donors (Lipinski definition) is 12. The van der Waals surface area contributed by atoms with Crippen LogP contribution in [-0.4, -0.2) is 167 Å². The number of nitrogens with one attached hydrogen (secondary N) is 10. The van der Waals surface area contributed by atoms with Crippen molar-refractivity contribution in [3.8, 4) is 16.9 Å². The quantitative estimate of drug-likeness (QED) is 0.0496. The van der Waals surface area contributed by atoms with E-state index in [2.05, 4.69) is 53.2 Å². The number of alkyl carbamates (subject to hydrolysis) is 5. The van der Waals surface area contributed by atoms with E-state index in [0.717, 1.165) is 0 Å². The van der Waals surface area contributed by atoms with Gasteiger partial charge in [0.05, 0.1) is 6.10 Å². The number of carbonyl (C=O) groups excluding carboxylic acids is 10. The highest BCUT2D eigenvalue weighted by molar-refractivity contribution is 5.94. The fourth-order valence-corrected chi connectivity index (χ4v) is 8.61. The van der Waals surface area contributed by atoms with Crippen LogP contribution in [0.3, 0.4) is 0 Å². The van der Waals surface area contributed by atoms with E-state index in [0.29, 0.717) is 42.4 Å². The van der Waals surface area contributed by atoms with Gasteiger partial charge in [-0.05, 0) is 170 Å². The van der Waals surface area contributed by atoms with Crippen LogP contribution >= 0.6 is 0 Å². The van der Waals surface area contributed by atoms with E-state index < -0.39 is 137 Å². The highest BCUT2D eigenvalue weighted by Crippen LogP contribution is 2.29. The molecule has 0 aliphatic carbocycles. The van der Waals surface area contributed by atoms with Crippen molar-refractivity contribution in [2.24, 2.45) is 0 Å². The summed E-state index contributed by atoms with van der Waals surface area (Å²) in [6, 6.07) is 5.61. The van der Waals surface area contributed by atoms with E-state index in [4.69, 9.17) is 23.7 Å². The van der Waals surface area contributed by atoms with Gasteiger partial charge in [-0.15, -0.1) is 0 Å². The smallest absolute Gasteiger partial charge is 0.408 e. The first-order valence-electron chi connectivity index (χ1n) is 30.1. The molecule has 2 aromatic carbocycles. The molecule has 0 saturated heterocycles. The highest BCUT2D eigenvalue weighted by atomic mass is 16.6. The van der Waals surface area contributed by atoms with Crippen molar-refractivity contribution in [2.75, 3.05) is 32.7 Å². The average Bonchev–Trinajstić information content (AvgIpc) is 3.55. The van der Waals surface area contributed by atoms with Crippen molar-refractivity contribution in [1.29, 1.82) is 0 Å². The van der Waals surface area contributed by atoms with Gasteiger partial charge in [0.15, 0.2) is 0 Å². The number of phenolic OH excluding ortho intramolecular Hbond substituents is 1. The van der Waals surface area contributed by atoms with E-state index in [9.17, 15) is 58.2 Å². The molecule has 12 N–H and O–H groups in total. The van der Waals surface area contributed by atoms with Crippen molar-refractivity contribution < 1.29 is 81.8 Å². The maximum absolute atomic E-state index is 14.5. The molecule has 27 heteroatoms. The van der Waals surface area contributed by atoms with Crippen LogP contribution in [-0.2, 0) is 60.5 Å². The molecular formula is C62H98N10O17. The highest BCUT2D eigenvalue weighted by Gasteiger charge is 2.34. The van der Waals surface area contributed by atoms with Crippen LogP contribution in [0.15, 0.2) is 42.5 Å². The van der Waals surface area contributed by atoms with Crippen LogP contribution in [0.1, 0.15) is 160 Å². The fourth-order valence-electron chi connectivity index (χ4n) is 8.61. The molecule has 0 radical (unpaired) electrons. The fraction of sp³-hybridized carbons (Fsp3) is 0.645. The summed E-state index contributed by atoms with van der Waals surface area (Å²) in [7, 11) is 0. The zero-order valence-electron chi connectivity index (χ0n) is 54.4. The van der Waals surface area contributed by atoms with Gasteiger partial charge in [0, 0.05) is 64.4 Å². The normalized spacial score (nSPS) is 16.7. The molecule has 0 aromatic heterocycles. The van der Waals surface area contributed by atoms with Crippen LogP contribution in [0.4, 0.5) is 24.0 Å². The molecule has 0 saturated carbocycles. The van der Waals surface area contributed by atoms with Crippen LogP contribution < -0.4 is 53.2 Å². The molecule has 1 aliphatic rings. The third-order valence-electron chi connectivity index (χ3n) is 12.4. The molecule has 10 amide bonds. The second-order valence-corrected chi connectivity index (χ2v) is 26.8. The third kappa shape index (κ3) is 32.1. The molecule has 2 aromatic rings. The predicted octanol–water partition coefficient (Wildman–Crippen LogP) is 5.30. The van der Waals surface area contributed by atoms with Crippen molar-refractivity contribution >= 4 is 60.0 Å². The molecule has 1 aliphatic heterocycles. The lowest BCUT2D eigenvalue weighted by molar-refractivity contribution is -0.133. The Balaban J connectivity index is 1.77. The number of ether oxygens (including phenoxy) is 5. The number of fused-ring (bicyclic) bond motifs is 5. The summed E-state index contributed by atoms with van der Waals surface area (Å²) in [5, 5.41) is 48.8. The number of rotatable bonds is 23. The summed E-state index contributed by atoms with van der Waals surface area (Å²) in [6.45, 7) is 24.8. The predicted molar refractivity (Wildman–Crippen MR) is 330 cm³/mol. The Bertz CT molecular complexity index is 2740. The number of aliphatic hydroxyl groups is 1. The Morgan fingerprint density at radius 1 is 0.562 bits per heavy atom. The van der Waals surface area contributed by atoms with Gasteiger partial charge in [-0.2, -0.15) is 0 Å². The van der Waals surface area contributed by atoms with Crippen molar-refractivity contribution in [2.45, 2.75) is 226 Å². The summed E-state index contributed by atoms with van der Waals surface area (Å²) in [4.78, 5) is 134. The number of amides is 10. The van der Waals surface area contributed by atoms with Crippen molar-refractivity contribution in [3.63, 3.8) is 0 Å². The lowest BCUT2D eigenvalue weighted by Gasteiger charge is -2.27.